The molecule has 0 spiro atoms. The number of para-hydroxylation sites is 2. The van der Waals surface area contributed by atoms with E-state index in [-0.39, 0.29) is 0 Å². The number of nitrogens with one attached hydrogen (secondary N) is 1. The van der Waals surface area contributed by atoms with Crippen molar-refractivity contribution in [2.45, 2.75) is 18.7 Å². The molecule has 0 saturated carbocycles. The van der Waals surface area contributed by atoms with Gasteiger partial charge in [0.05, 0.1) is 17.2 Å². The first-order chi connectivity index (χ1) is 13.4. The van der Waals surface area contributed by atoms with Crippen molar-refractivity contribution in [1.82, 2.24) is 9.21 Å². The predicted octanol–water partition coefficient (Wildman–Crippen LogP) is 3.10. The second-order valence-corrected chi connectivity index (χ2v) is 8.89. The molecule has 6 nitrogen and oxygen atoms in total. The normalized spacial score (nSPS) is 15.3. The van der Waals surface area contributed by atoms with Crippen LogP contribution >= 0.6 is 12.2 Å². The number of rotatable bonds is 5. The van der Waals surface area contributed by atoms with Crippen molar-refractivity contribution in [2.24, 2.45) is 0 Å². The summed E-state index contributed by atoms with van der Waals surface area (Å²) in [4.78, 5) is 2.32. The van der Waals surface area contributed by atoms with E-state index in [9.17, 15) is 8.42 Å². The molecule has 0 aliphatic carbocycles. The maximum absolute atomic E-state index is 12.8. The van der Waals surface area contributed by atoms with Crippen molar-refractivity contribution in [1.29, 1.82) is 0 Å². The molecule has 2 aromatic rings. The standard InChI is InChI=1S/C20H25N3O3S2/c1-3-26-19-7-5-4-6-18(19)21-20(27)22-12-14-23(15-13-22)28(24,25)17-10-8-16(2)9-11-17/h4-11H,3,12-15H2,1-2H3,(H,21,27). The smallest absolute Gasteiger partial charge is 0.243 e. The van der Waals surface area contributed by atoms with E-state index in [0.717, 1.165) is 17.0 Å². The molecule has 1 aliphatic heterocycles. The monoisotopic (exact) mass is 419 g/mol. The number of thiocarbonyl (C=S) groups is 1. The lowest BCUT2D eigenvalue weighted by Crippen LogP contribution is -2.51. The van der Waals surface area contributed by atoms with Crippen molar-refractivity contribution >= 4 is 33.0 Å². The lowest BCUT2D eigenvalue weighted by Gasteiger charge is -2.35. The molecular weight excluding hydrogens is 394 g/mol. The van der Waals surface area contributed by atoms with Gasteiger partial charge in [0.25, 0.3) is 0 Å². The number of benzene rings is 2. The fraction of sp³-hybridized carbons (Fsp3) is 0.350. The number of ether oxygens (including phenoxy) is 1. The summed E-state index contributed by atoms with van der Waals surface area (Å²) in [6.45, 7) is 6.30. The van der Waals surface area contributed by atoms with Gasteiger partial charge in [0, 0.05) is 26.2 Å². The molecule has 150 valence electrons. The Morgan fingerprint density at radius 1 is 1.07 bits per heavy atom. The molecule has 0 atom stereocenters. The summed E-state index contributed by atoms with van der Waals surface area (Å²) in [5.41, 5.74) is 1.84. The second-order valence-electron chi connectivity index (χ2n) is 6.56. The van der Waals surface area contributed by atoms with E-state index in [0.29, 0.717) is 42.8 Å². The van der Waals surface area contributed by atoms with Crippen molar-refractivity contribution in [3.8, 4) is 5.75 Å². The van der Waals surface area contributed by atoms with Gasteiger partial charge in [-0.2, -0.15) is 4.31 Å². The van der Waals surface area contributed by atoms with Gasteiger partial charge >= 0.3 is 0 Å². The van der Waals surface area contributed by atoms with Gasteiger partial charge in [-0.25, -0.2) is 8.42 Å². The van der Waals surface area contributed by atoms with Crippen LogP contribution in [0.5, 0.6) is 5.75 Å². The molecule has 28 heavy (non-hydrogen) atoms. The Morgan fingerprint density at radius 2 is 1.71 bits per heavy atom. The molecule has 0 amide bonds. The summed E-state index contributed by atoms with van der Waals surface area (Å²) in [7, 11) is -3.48. The molecule has 0 aromatic heterocycles. The van der Waals surface area contributed by atoms with Gasteiger partial charge in [-0.1, -0.05) is 29.8 Å². The van der Waals surface area contributed by atoms with Crippen LogP contribution in [0.1, 0.15) is 12.5 Å². The van der Waals surface area contributed by atoms with Crippen LogP contribution in [0.15, 0.2) is 53.4 Å². The molecule has 1 saturated heterocycles. The van der Waals surface area contributed by atoms with Crippen LogP contribution in [0.4, 0.5) is 5.69 Å². The predicted molar refractivity (Wildman–Crippen MR) is 115 cm³/mol. The van der Waals surface area contributed by atoms with Crippen LogP contribution in [0.2, 0.25) is 0 Å². The first-order valence-electron chi connectivity index (χ1n) is 9.26. The van der Waals surface area contributed by atoms with Crippen LogP contribution in [-0.4, -0.2) is 55.5 Å². The summed E-state index contributed by atoms with van der Waals surface area (Å²) in [5.74, 6) is 0.743. The maximum atomic E-state index is 12.8. The largest absolute Gasteiger partial charge is 0.492 e. The summed E-state index contributed by atoms with van der Waals surface area (Å²) in [6, 6.07) is 14.6. The van der Waals surface area contributed by atoms with Crippen molar-refractivity contribution < 1.29 is 13.2 Å². The minimum Gasteiger partial charge on any atom is -0.492 e. The molecule has 1 aliphatic rings. The summed E-state index contributed by atoms with van der Waals surface area (Å²) in [5, 5.41) is 3.79. The molecule has 1 heterocycles. The molecule has 0 unspecified atom stereocenters. The van der Waals surface area contributed by atoms with E-state index >= 15 is 0 Å². The van der Waals surface area contributed by atoms with E-state index in [4.69, 9.17) is 17.0 Å². The Bertz CT molecular complexity index is 922. The zero-order chi connectivity index (χ0) is 20.1. The Kier molecular flexibility index (Phi) is 6.53. The fourth-order valence-electron chi connectivity index (χ4n) is 3.04. The third-order valence-corrected chi connectivity index (χ3v) is 6.89. The topological polar surface area (TPSA) is 61.9 Å². The summed E-state index contributed by atoms with van der Waals surface area (Å²) >= 11 is 5.53. The van der Waals surface area contributed by atoms with E-state index < -0.39 is 10.0 Å². The highest BCUT2D eigenvalue weighted by molar-refractivity contribution is 7.89. The minimum absolute atomic E-state index is 0.331. The average Bonchev–Trinajstić information content (AvgIpc) is 2.70. The van der Waals surface area contributed by atoms with Crippen molar-refractivity contribution in [2.75, 3.05) is 38.1 Å². The van der Waals surface area contributed by atoms with Crippen LogP contribution < -0.4 is 10.1 Å². The first-order valence-corrected chi connectivity index (χ1v) is 11.1. The lowest BCUT2D eigenvalue weighted by atomic mass is 10.2. The number of nitrogens with zero attached hydrogens (tertiary/aromatic N) is 2. The minimum atomic E-state index is -3.48. The molecule has 0 bridgehead atoms. The third-order valence-electron chi connectivity index (χ3n) is 4.61. The molecule has 1 N–H and O–H groups in total. The fourth-order valence-corrected chi connectivity index (χ4v) is 4.75. The Balaban J connectivity index is 1.62. The number of aryl methyl sites for hydroxylation is 1. The highest BCUT2D eigenvalue weighted by Crippen LogP contribution is 2.24. The number of anilines is 1. The van der Waals surface area contributed by atoms with Crippen LogP contribution in [-0.2, 0) is 10.0 Å². The Morgan fingerprint density at radius 3 is 2.36 bits per heavy atom. The average molecular weight is 420 g/mol. The van der Waals surface area contributed by atoms with E-state index in [1.54, 1.807) is 12.1 Å². The van der Waals surface area contributed by atoms with Crippen molar-refractivity contribution in [3.63, 3.8) is 0 Å². The van der Waals surface area contributed by atoms with E-state index in [2.05, 4.69) is 5.32 Å². The molecule has 1 fully saturated rings. The van der Waals surface area contributed by atoms with Gasteiger partial charge in [0.15, 0.2) is 5.11 Å². The van der Waals surface area contributed by atoms with Gasteiger partial charge in [0.1, 0.15) is 5.75 Å². The molecular formula is C20H25N3O3S2. The zero-order valence-electron chi connectivity index (χ0n) is 16.1. The quantitative estimate of drug-likeness (QED) is 0.752. The third kappa shape index (κ3) is 4.63. The van der Waals surface area contributed by atoms with Crippen LogP contribution in [0.3, 0.4) is 0 Å². The zero-order valence-corrected chi connectivity index (χ0v) is 17.7. The number of sulfonamides is 1. The van der Waals surface area contributed by atoms with E-state index in [1.807, 2.05) is 55.1 Å². The number of piperazine rings is 1. The van der Waals surface area contributed by atoms with Gasteiger partial charge in [-0.15, -0.1) is 0 Å². The Labute approximate surface area is 172 Å². The highest BCUT2D eigenvalue weighted by Gasteiger charge is 2.29. The van der Waals surface area contributed by atoms with Gasteiger partial charge < -0.3 is 15.0 Å². The van der Waals surface area contributed by atoms with Gasteiger partial charge in [-0.3, -0.25) is 0 Å². The van der Waals surface area contributed by atoms with Crippen molar-refractivity contribution in [3.05, 3.63) is 54.1 Å². The number of hydrogen-bond donors (Lipinski definition) is 1. The van der Waals surface area contributed by atoms with Crippen LogP contribution in [0.25, 0.3) is 0 Å². The Hall–Kier alpha value is -2.16. The van der Waals surface area contributed by atoms with E-state index in [1.165, 1.54) is 4.31 Å². The molecule has 8 heteroatoms. The maximum Gasteiger partial charge on any atom is 0.243 e. The highest BCUT2D eigenvalue weighted by atomic mass is 32.2. The molecule has 3 rings (SSSR count). The summed E-state index contributed by atoms with van der Waals surface area (Å²) in [6.07, 6.45) is 0. The molecule has 2 aromatic carbocycles. The van der Waals surface area contributed by atoms with Crippen LogP contribution in [0, 0.1) is 6.92 Å². The summed E-state index contributed by atoms with van der Waals surface area (Å²) < 4.78 is 32.8. The lowest BCUT2D eigenvalue weighted by molar-refractivity contribution is 0.268. The van der Waals surface area contributed by atoms with Gasteiger partial charge in [-0.05, 0) is 50.3 Å². The number of hydrogen-bond acceptors (Lipinski definition) is 4. The van der Waals surface area contributed by atoms with Gasteiger partial charge in [0.2, 0.25) is 10.0 Å². The molecule has 0 radical (unpaired) electrons. The first kappa shape index (κ1) is 20.6. The second kappa shape index (κ2) is 8.89. The SMILES string of the molecule is CCOc1ccccc1NC(=S)N1CCN(S(=O)(=O)c2ccc(C)cc2)CC1.